The molecule has 2 rings (SSSR count). The van der Waals surface area contributed by atoms with E-state index in [0.29, 0.717) is 30.9 Å². The molecular formula is C29H42N2O9S2. The van der Waals surface area contributed by atoms with Crippen LogP contribution in [-0.2, 0) is 44.9 Å². The highest BCUT2D eigenvalue weighted by Gasteiger charge is 2.17. The molecule has 42 heavy (non-hydrogen) atoms. The number of aryl methyl sites for hydroxylation is 1. The molecule has 0 radical (unpaired) electrons. The molecule has 13 heteroatoms. The molecule has 0 heterocycles. The average Bonchev–Trinajstić information content (AvgIpc) is 2.93. The van der Waals surface area contributed by atoms with E-state index in [2.05, 4.69) is 23.8 Å². The summed E-state index contributed by atoms with van der Waals surface area (Å²) in [5.41, 5.74) is 1.54. The third kappa shape index (κ3) is 17.0. The first-order valence-corrected chi connectivity index (χ1v) is 16.8. The molecule has 0 aromatic heterocycles. The van der Waals surface area contributed by atoms with Gasteiger partial charge in [0, 0.05) is 32.2 Å². The van der Waals surface area contributed by atoms with Crippen molar-refractivity contribution >= 4 is 44.5 Å². The van der Waals surface area contributed by atoms with E-state index in [0.717, 1.165) is 17.1 Å². The molecule has 234 valence electrons. The van der Waals surface area contributed by atoms with Crippen LogP contribution >= 0.6 is 0 Å². The Morgan fingerprint density at radius 2 is 1.76 bits per heavy atom. The summed E-state index contributed by atoms with van der Waals surface area (Å²) >= 11 is 0. The number of amides is 2. The normalized spacial score (nSPS) is 12.2. The van der Waals surface area contributed by atoms with Gasteiger partial charge in [0.2, 0.25) is 18.1 Å². The highest BCUT2D eigenvalue weighted by atomic mass is 32.2. The van der Waals surface area contributed by atoms with Gasteiger partial charge < -0.3 is 29.4 Å². The van der Waals surface area contributed by atoms with Crippen molar-refractivity contribution in [1.82, 2.24) is 5.32 Å². The standard InChI is InChI=1S/C22H34N2O6S.C7H8O3S/c1-5-6-13-31(4)14-11-20(26)24-18-8-7-9-19(15-18)29-22(10-12-28-3)30-21(27)16-23-17(2)25;1-6-2-4-7(5-3-6)11(8,9)10/h7-9,15,22H,5-6,10-14,16H2,1-4H3,(H-,23,24,25,26);2-5H,1H3,(H,8,9,10). The molecular weight excluding hydrogens is 584 g/mol. The van der Waals surface area contributed by atoms with Crippen molar-refractivity contribution in [3.63, 3.8) is 0 Å². The van der Waals surface area contributed by atoms with Crippen LogP contribution in [0.4, 0.5) is 5.69 Å². The first kappa shape index (κ1) is 36.9. The Labute approximate surface area is 251 Å². The number of carbonyl (C=O) groups is 3. The fourth-order valence-electron chi connectivity index (χ4n) is 3.23. The van der Waals surface area contributed by atoms with Crippen LogP contribution in [0, 0.1) is 6.92 Å². The molecule has 2 aromatic carbocycles. The largest absolute Gasteiger partial charge is 0.744 e. The van der Waals surface area contributed by atoms with Crippen molar-refractivity contribution in [2.45, 2.75) is 57.6 Å². The number of hydrogen-bond acceptors (Lipinski definition) is 9. The van der Waals surface area contributed by atoms with Crippen molar-refractivity contribution in [2.24, 2.45) is 0 Å². The van der Waals surface area contributed by atoms with Crippen LogP contribution in [0.3, 0.4) is 0 Å². The maximum absolute atomic E-state index is 12.3. The highest BCUT2D eigenvalue weighted by Crippen LogP contribution is 2.20. The van der Waals surface area contributed by atoms with Gasteiger partial charge in [-0.25, -0.2) is 8.42 Å². The van der Waals surface area contributed by atoms with E-state index in [1.807, 2.05) is 6.92 Å². The number of methoxy groups -OCH3 is 1. The fourth-order valence-corrected chi connectivity index (χ4v) is 5.22. The molecule has 0 aliphatic heterocycles. The van der Waals surface area contributed by atoms with Gasteiger partial charge in [0.15, 0.2) is 0 Å². The number of ether oxygens (including phenoxy) is 3. The number of anilines is 1. The fraction of sp³-hybridized carbons (Fsp3) is 0.483. The lowest BCUT2D eigenvalue weighted by Gasteiger charge is -2.19. The molecule has 2 aromatic rings. The number of benzene rings is 2. The van der Waals surface area contributed by atoms with Gasteiger partial charge in [-0.15, -0.1) is 0 Å². The molecule has 0 spiro atoms. The molecule has 11 nitrogen and oxygen atoms in total. The van der Waals surface area contributed by atoms with Crippen LogP contribution in [0.25, 0.3) is 0 Å². The maximum Gasteiger partial charge on any atom is 0.328 e. The molecule has 0 saturated heterocycles. The summed E-state index contributed by atoms with van der Waals surface area (Å²) in [6.07, 6.45) is 4.48. The predicted molar refractivity (Wildman–Crippen MR) is 162 cm³/mol. The van der Waals surface area contributed by atoms with Gasteiger partial charge in [-0.05, 0) is 48.5 Å². The van der Waals surface area contributed by atoms with Crippen molar-refractivity contribution in [3.05, 3.63) is 54.1 Å². The average molecular weight is 627 g/mol. The molecule has 0 aliphatic carbocycles. The Kier molecular flexibility index (Phi) is 17.5. The molecule has 2 amide bonds. The van der Waals surface area contributed by atoms with Crippen LogP contribution in [0.5, 0.6) is 5.75 Å². The van der Waals surface area contributed by atoms with E-state index in [-0.39, 0.29) is 34.1 Å². The SMILES string of the molecule is CCCC[S+](C)CCC(=O)Nc1cccc(OC(CCOC)OC(=O)CNC(C)=O)c1.Cc1ccc(S(=O)(=O)[O-])cc1. The first-order valence-electron chi connectivity index (χ1n) is 13.4. The smallest absolute Gasteiger partial charge is 0.328 e. The Balaban J connectivity index is 0.000000666. The van der Waals surface area contributed by atoms with Gasteiger partial charge in [0.05, 0.1) is 24.2 Å². The van der Waals surface area contributed by atoms with Gasteiger partial charge in [-0.1, -0.05) is 37.1 Å². The first-order chi connectivity index (χ1) is 19.8. The summed E-state index contributed by atoms with van der Waals surface area (Å²) in [7, 11) is -2.48. The molecule has 2 atom stereocenters. The zero-order chi connectivity index (χ0) is 31.5. The molecule has 0 saturated carbocycles. The summed E-state index contributed by atoms with van der Waals surface area (Å²) in [4.78, 5) is 34.9. The molecule has 0 bridgehead atoms. The van der Waals surface area contributed by atoms with Crippen molar-refractivity contribution in [3.8, 4) is 5.75 Å². The Bertz CT molecular complexity index is 1220. The summed E-state index contributed by atoms with van der Waals surface area (Å²) < 4.78 is 47.3. The number of rotatable bonds is 16. The van der Waals surface area contributed by atoms with E-state index >= 15 is 0 Å². The minimum atomic E-state index is -4.27. The quantitative estimate of drug-likeness (QED) is 0.123. The number of unbranched alkanes of at least 4 members (excludes halogenated alkanes) is 1. The van der Waals surface area contributed by atoms with E-state index < -0.39 is 22.4 Å². The van der Waals surface area contributed by atoms with Crippen LogP contribution < -0.4 is 15.4 Å². The van der Waals surface area contributed by atoms with Crippen LogP contribution in [-0.4, -0.2) is 75.1 Å². The second-order valence-corrected chi connectivity index (χ2v) is 13.1. The topological polar surface area (TPSA) is 160 Å². The summed E-state index contributed by atoms with van der Waals surface area (Å²) in [6.45, 7) is 5.39. The Hall–Kier alpha value is -3.13. The van der Waals surface area contributed by atoms with Crippen molar-refractivity contribution in [1.29, 1.82) is 0 Å². The van der Waals surface area contributed by atoms with Crippen LogP contribution in [0.15, 0.2) is 53.4 Å². The lowest BCUT2D eigenvalue weighted by Crippen LogP contribution is -2.33. The summed E-state index contributed by atoms with van der Waals surface area (Å²) in [5.74, 6) is 1.52. The zero-order valence-electron chi connectivity index (χ0n) is 24.8. The van der Waals surface area contributed by atoms with E-state index in [1.165, 1.54) is 39.0 Å². The number of hydrogen-bond donors (Lipinski definition) is 2. The minimum Gasteiger partial charge on any atom is -0.744 e. The third-order valence-electron chi connectivity index (χ3n) is 5.52. The lowest BCUT2D eigenvalue weighted by atomic mass is 10.2. The van der Waals surface area contributed by atoms with Gasteiger partial charge in [-0.2, -0.15) is 0 Å². The summed E-state index contributed by atoms with van der Waals surface area (Å²) in [6, 6.07) is 12.7. The monoisotopic (exact) mass is 626 g/mol. The third-order valence-corrected chi connectivity index (χ3v) is 8.26. The predicted octanol–water partition coefficient (Wildman–Crippen LogP) is 3.38. The second kappa shape index (κ2) is 19.9. The number of carbonyl (C=O) groups excluding carboxylic acids is 3. The molecule has 0 aliphatic rings. The van der Waals surface area contributed by atoms with Gasteiger partial charge in [0.1, 0.15) is 33.9 Å². The van der Waals surface area contributed by atoms with Crippen molar-refractivity contribution in [2.75, 3.05) is 43.3 Å². The minimum absolute atomic E-state index is 0.0364. The zero-order valence-corrected chi connectivity index (χ0v) is 26.5. The van der Waals surface area contributed by atoms with Crippen LogP contribution in [0.1, 0.15) is 45.1 Å². The maximum atomic E-state index is 12.3. The van der Waals surface area contributed by atoms with E-state index in [4.69, 9.17) is 14.2 Å². The van der Waals surface area contributed by atoms with Gasteiger partial charge >= 0.3 is 5.97 Å². The molecule has 0 fully saturated rings. The van der Waals surface area contributed by atoms with Gasteiger partial charge in [0.25, 0.3) is 0 Å². The highest BCUT2D eigenvalue weighted by molar-refractivity contribution is 7.96. The van der Waals surface area contributed by atoms with Crippen molar-refractivity contribution < 1.29 is 41.6 Å². The Morgan fingerprint density at radius 3 is 2.36 bits per heavy atom. The van der Waals surface area contributed by atoms with Crippen LogP contribution in [0.2, 0.25) is 0 Å². The van der Waals surface area contributed by atoms with E-state index in [9.17, 15) is 27.4 Å². The number of nitrogens with one attached hydrogen (secondary N) is 2. The second-order valence-electron chi connectivity index (χ2n) is 9.36. The summed E-state index contributed by atoms with van der Waals surface area (Å²) in [5, 5.41) is 5.27. The van der Waals surface area contributed by atoms with Gasteiger partial charge in [-0.3, -0.25) is 14.4 Å². The molecule has 2 unspecified atom stereocenters. The number of esters is 1. The molecule has 2 N–H and O–H groups in total. The van der Waals surface area contributed by atoms with E-state index in [1.54, 1.807) is 36.4 Å². The lowest BCUT2D eigenvalue weighted by molar-refractivity contribution is -0.165. The Morgan fingerprint density at radius 1 is 1.07 bits per heavy atom.